The molecule has 0 radical (unpaired) electrons. The van der Waals surface area contributed by atoms with E-state index in [0.717, 1.165) is 30.5 Å². The Bertz CT molecular complexity index is 675. The van der Waals surface area contributed by atoms with Crippen LogP contribution in [-0.4, -0.2) is 17.3 Å². The molecule has 0 saturated carbocycles. The summed E-state index contributed by atoms with van der Waals surface area (Å²) in [6.45, 7) is 2.89. The van der Waals surface area contributed by atoms with Crippen LogP contribution < -0.4 is 5.76 Å². The molecule has 3 atom stereocenters. The number of rotatable bonds is 3. The zero-order chi connectivity index (χ0) is 14.3. The molecule has 108 valence electrons. The van der Waals surface area contributed by atoms with E-state index in [-0.39, 0.29) is 17.2 Å². The highest BCUT2D eigenvalue weighted by molar-refractivity contribution is 6.21. The summed E-state index contributed by atoms with van der Waals surface area (Å²) < 4.78 is 12.4. The van der Waals surface area contributed by atoms with Gasteiger partial charge in [0.25, 0.3) is 0 Å². The van der Waals surface area contributed by atoms with Gasteiger partial charge in [0.1, 0.15) is 0 Å². The maximum atomic E-state index is 11.5. The second-order valence-corrected chi connectivity index (χ2v) is 5.80. The number of oxazole rings is 1. The Labute approximate surface area is 122 Å². The van der Waals surface area contributed by atoms with Crippen molar-refractivity contribution in [2.75, 3.05) is 6.61 Å². The molecule has 0 aliphatic carbocycles. The second kappa shape index (κ2) is 5.26. The predicted molar refractivity (Wildman–Crippen MR) is 78.2 cm³/mol. The van der Waals surface area contributed by atoms with Gasteiger partial charge in [-0.2, -0.15) is 0 Å². The van der Waals surface area contributed by atoms with Gasteiger partial charge in [0.2, 0.25) is 0 Å². The SMILES string of the molecule is CCC1OCCC1C(Cl)c1ccc2c(c1)oc(=O)n2C. The van der Waals surface area contributed by atoms with Gasteiger partial charge in [-0.3, -0.25) is 4.57 Å². The molecule has 20 heavy (non-hydrogen) atoms. The lowest BCUT2D eigenvalue weighted by atomic mass is 9.91. The average molecular weight is 296 g/mol. The monoisotopic (exact) mass is 295 g/mol. The Kier molecular flexibility index (Phi) is 3.61. The summed E-state index contributed by atoms with van der Waals surface area (Å²) in [4.78, 5) is 11.5. The first-order valence-electron chi connectivity index (χ1n) is 6.97. The third-order valence-electron chi connectivity index (χ3n) is 4.17. The van der Waals surface area contributed by atoms with Gasteiger partial charge in [-0.25, -0.2) is 4.79 Å². The normalized spacial score (nSPS) is 24.4. The molecule has 1 aliphatic rings. The van der Waals surface area contributed by atoms with Gasteiger partial charge in [-0.05, 0) is 30.5 Å². The third-order valence-corrected chi connectivity index (χ3v) is 4.75. The molecule has 0 spiro atoms. The van der Waals surface area contributed by atoms with E-state index in [0.29, 0.717) is 11.5 Å². The second-order valence-electron chi connectivity index (χ2n) is 5.33. The van der Waals surface area contributed by atoms with Gasteiger partial charge in [-0.1, -0.05) is 13.0 Å². The van der Waals surface area contributed by atoms with Crippen molar-refractivity contribution in [3.05, 3.63) is 34.3 Å². The number of benzene rings is 1. The summed E-state index contributed by atoms with van der Waals surface area (Å²) >= 11 is 6.63. The molecule has 3 rings (SSSR count). The molecule has 1 aliphatic heterocycles. The summed E-state index contributed by atoms with van der Waals surface area (Å²) in [5.41, 5.74) is 2.37. The molecular formula is C15H18ClNO3. The Morgan fingerprint density at radius 2 is 2.30 bits per heavy atom. The molecule has 3 unspecified atom stereocenters. The molecule has 1 saturated heterocycles. The average Bonchev–Trinajstić information content (AvgIpc) is 3.03. The summed E-state index contributed by atoms with van der Waals surface area (Å²) in [7, 11) is 1.70. The summed E-state index contributed by atoms with van der Waals surface area (Å²) in [5.74, 6) is -0.0338. The highest BCUT2D eigenvalue weighted by atomic mass is 35.5. The number of fused-ring (bicyclic) bond motifs is 1. The fraction of sp³-hybridized carbons (Fsp3) is 0.533. The number of ether oxygens (including phenoxy) is 1. The van der Waals surface area contributed by atoms with Crippen LogP contribution in [0.4, 0.5) is 0 Å². The summed E-state index contributed by atoms with van der Waals surface area (Å²) in [6, 6.07) is 5.74. The Balaban J connectivity index is 1.95. The highest BCUT2D eigenvalue weighted by Gasteiger charge is 2.33. The predicted octanol–water partition coefficient (Wildman–Crippen LogP) is 3.23. The minimum absolute atomic E-state index is 0.114. The number of aryl methyl sites for hydroxylation is 1. The first-order chi connectivity index (χ1) is 9.61. The summed E-state index contributed by atoms with van der Waals surface area (Å²) in [5, 5.41) is -0.114. The fourth-order valence-corrected chi connectivity index (χ4v) is 3.41. The van der Waals surface area contributed by atoms with Gasteiger partial charge in [0.05, 0.1) is 17.0 Å². The van der Waals surface area contributed by atoms with E-state index in [9.17, 15) is 4.79 Å². The van der Waals surface area contributed by atoms with Crippen molar-refractivity contribution >= 4 is 22.7 Å². The number of hydrogen-bond acceptors (Lipinski definition) is 3. The maximum absolute atomic E-state index is 11.5. The standard InChI is InChI=1S/C15H18ClNO3/c1-3-12-10(6-7-19-12)14(16)9-4-5-11-13(8-9)20-15(18)17(11)2/h4-5,8,10,12,14H,3,6-7H2,1-2H3. The van der Waals surface area contributed by atoms with Crippen molar-refractivity contribution < 1.29 is 9.15 Å². The van der Waals surface area contributed by atoms with E-state index in [1.807, 2.05) is 18.2 Å². The van der Waals surface area contributed by atoms with E-state index < -0.39 is 0 Å². The molecule has 2 aromatic rings. The van der Waals surface area contributed by atoms with Crippen LogP contribution in [-0.2, 0) is 11.8 Å². The minimum atomic E-state index is -0.348. The number of hydrogen-bond donors (Lipinski definition) is 0. The van der Waals surface area contributed by atoms with Crippen molar-refractivity contribution in [1.29, 1.82) is 0 Å². The molecule has 0 amide bonds. The van der Waals surface area contributed by atoms with Gasteiger partial charge in [-0.15, -0.1) is 11.6 Å². The van der Waals surface area contributed by atoms with Crippen LogP contribution in [0.3, 0.4) is 0 Å². The largest absolute Gasteiger partial charge is 0.419 e. The van der Waals surface area contributed by atoms with Crippen molar-refractivity contribution in [3.8, 4) is 0 Å². The van der Waals surface area contributed by atoms with E-state index >= 15 is 0 Å². The highest BCUT2D eigenvalue weighted by Crippen LogP contribution is 2.39. The van der Waals surface area contributed by atoms with E-state index in [1.54, 1.807) is 7.05 Å². The van der Waals surface area contributed by atoms with Gasteiger partial charge in [0, 0.05) is 19.6 Å². The lowest BCUT2D eigenvalue weighted by Crippen LogP contribution is -2.19. The Morgan fingerprint density at radius 1 is 1.50 bits per heavy atom. The molecule has 1 aromatic heterocycles. The lowest BCUT2D eigenvalue weighted by Gasteiger charge is -2.22. The van der Waals surface area contributed by atoms with Gasteiger partial charge < -0.3 is 9.15 Å². The van der Waals surface area contributed by atoms with Crippen LogP contribution in [0.2, 0.25) is 0 Å². The number of nitrogens with zero attached hydrogens (tertiary/aromatic N) is 1. The zero-order valence-corrected chi connectivity index (χ0v) is 12.4. The smallest absolute Gasteiger partial charge is 0.408 e. The lowest BCUT2D eigenvalue weighted by molar-refractivity contribution is 0.0864. The van der Waals surface area contributed by atoms with Crippen molar-refractivity contribution in [2.45, 2.75) is 31.2 Å². The molecule has 5 heteroatoms. The quantitative estimate of drug-likeness (QED) is 0.817. The van der Waals surface area contributed by atoms with Crippen molar-refractivity contribution in [2.24, 2.45) is 13.0 Å². The number of alkyl halides is 1. The number of halogens is 1. The third kappa shape index (κ3) is 2.17. The molecule has 0 bridgehead atoms. The van der Waals surface area contributed by atoms with Crippen LogP contribution in [0.1, 0.15) is 30.7 Å². The van der Waals surface area contributed by atoms with Crippen LogP contribution in [0.5, 0.6) is 0 Å². The summed E-state index contributed by atoms with van der Waals surface area (Å²) in [6.07, 6.45) is 2.16. The van der Waals surface area contributed by atoms with Crippen LogP contribution >= 0.6 is 11.6 Å². The number of aromatic nitrogens is 1. The first kappa shape index (κ1) is 13.7. The van der Waals surface area contributed by atoms with E-state index in [2.05, 4.69) is 6.92 Å². The van der Waals surface area contributed by atoms with Crippen LogP contribution in [0.25, 0.3) is 11.1 Å². The van der Waals surface area contributed by atoms with Gasteiger partial charge in [0.15, 0.2) is 5.58 Å². The van der Waals surface area contributed by atoms with Crippen molar-refractivity contribution in [1.82, 2.24) is 4.57 Å². The molecule has 1 aromatic carbocycles. The zero-order valence-electron chi connectivity index (χ0n) is 11.6. The molecule has 2 heterocycles. The minimum Gasteiger partial charge on any atom is -0.408 e. The van der Waals surface area contributed by atoms with E-state index in [4.69, 9.17) is 20.8 Å². The van der Waals surface area contributed by atoms with Crippen LogP contribution in [0, 0.1) is 5.92 Å². The molecule has 0 N–H and O–H groups in total. The molecule has 1 fully saturated rings. The van der Waals surface area contributed by atoms with Crippen molar-refractivity contribution in [3.63, 3.8) is 0 Å². The topological polar surface area (TPSA) is 44.4 Å². The van der Waals surface area contributed by atoms with Gasteiger partial charge >= 0.3 is 5.76 Å². The van der Waals surface area contributed by atoms with E-state index in [1.165, 1.54) is 4.57 Å². The maximum Gasteiger partial charge on any atom is 0.419 e. The Hall–Kier alpha value is -1.26. The fourth-order valence-electron chi connectivity index (χ4n) is 2.99. The van der Waals surface area contributed by atoms with Crippen LogP contribution in [0.15, 0.2) is 27.4 Å². The molecular weight excluding hydrogens is 278 g/mol. The first-order valence-corrected chi connectivity index (χ1v) is 7.40. The Morgan fingerprint density at radius 3 is 3.05 bits per heavy atom. The molecule has 4 nitrogen and oxygen atoms in total.